The number of amides is 1. The van der Waals surface area contributed by atoms with Gasteiger partial charge in [0, 0.05) is 36.6 Å². The third kappa shape index (κ3) is 5.33. The Morgan fingerprint density at radius 2 is 1.43 bits per heavy atom. The minimum Gasteiger partial charge on any atom is -0.340 e. The number of nitrogens with one attached hydrogen (secondary N) is 1. The smallest absolute Gasteiger partial charge is 0.226 e. The number of carbonyl (C=O) groups excluding carboxylic acids is 1. The lowest BCUT2D eigenvalue weighted by Gasteiger charge is -2.53. The molecule has 1 amide bonds. The van der Waals surface area contributed by atoms with Crippen molar-refractivity contribution in [3.63, 3.8) is 0 Å². The number of hydrogen-bond acceptors (Lipinski definition) is 2. The maximum Gasteiger partial charge on any atom is 0.226 e. The van der Waals surface area contributed by atoms with Gasteiger partial charge in [0.25, 0.3) is 0 Å². The number of hydrogen-bond donors (Lipinski definition) is 1. The number of rotatable bonds is 7. The first-order valence-electron chi connectivity index (χ1n) is 14.5. The summed E-state index contributed by atoms with van der Waals surface area (Å²) in [7, 11) is 0. The van der Waals surface area contributed by atoms with Crippen LogP contribution in [0.2, 0.25) is 5.02 Å². The Kier molecular flexibility index (Phi) is 7.78. The van der Waals surface area contributed by atoms with E-state index >= 15 is 0 Å². The molecule has 204 valence electrons. The van der Waals surface area contributed by atoms with E-state index in [0.717, 1.165) is 43.9 Å². The van der Waals surface area contributed by atoms with Crippen molar-refractivity contribution >= 4 is 17.5 Å². The van der Waals surface area contributed by atoms with Gasteiger partial charge in [-0.2, -0.15) is 0 Å². The Hall–Kier alpha value is -3.40. The first-order chi connectivity index (χ1) is 19.5. The highest BCUT2D eigenvalue weighted by molar-refractivity contribution is 6.30. The van der Waals surface area contributed by atoms with Crippen LogP contribution in [-0.4, -0.2) is 29.9 Å². The number of likely N-dealkylation sites (tertiary alicyclic amines) is 1. The van der Waals surface area contributed by atoms with Gasteiger partial charge in [0.15, 0.2) is 0 Å². The van der Waals surface area contributed by atoms with Crippen LogP contribution in [-0.2, 0) is 16.8 Å². The van der Waals surface area contributed by atoms with Gasteiger partial charge in [-0.3, -0.25) is 4.79 Å². The molecule has 1 saturated carbocycles. The lowest BCUT2D eigenvalue weighted by molar-refractivity contribution is -0.144. The van der Waals surface area contributed by atoms with E-state index in [4.69, 9.17) is 11.6 Å². The van der Waals surface area contributed by atoms with E-state index in [-0.39, 0.29) is 17.3 Å². The average molecular weight is 549 g/mol. The molecule has 0 aromatic heterocycles. The standard InChI is InChI=1S/C36H37ClN2O/c1-26-10-8-9-15-32(26)34-22-31(38-23-27-16-18-30(37)19-17-27)20-21-33(34)35(40)39-24-36(25-39,28-11-4-2-5-12-28)29-13-6-3-7-14-29/h2-19,31,33-34,38H,20-25H2,1H3/t31-,33-,34+/m1/s1. The topological polar surface area (TPSA) is 32.3 Å². The van der Waals surface area contributed by atoms with Gasteiger partial charge in [-0.05, 0) is 72.1 Å². The van der Waals surface area contributed by atoms with Crippen LogP contribution < -0.4 is 5.32 Å². The van der Waals surface area contributed by atoms with Crippen molar-refractivity contribution in [3.8, 4) is 0 Å². The van der Waals surface area contributed by atoms with Gasteiger partial charge in [-0.15, -0.1) is 0 Å². The zero-order valence-corrected chi connectivity index (χ0v) is 23.9. The number of carbonyl (C=O) groups is 1. The monoisotopic (exact) mass is 548 g/mol. The van der Waals surface area contributed by atoms with Crippen LogP contribution in [0.3, 0.4) is 0 Å². The molecule has 2 aliphatic rings. The molecule has 3 nitrogen and oxygen atoms in total. The van der Waals surface area contributed by atoms with E-state index in [0.29, 0.717) is 11.9 Å². The van der Waals surface area contributed by atoms with Crippen LogP contribution in [0.25, 0.3) is 0 Å². The highest BCUT2D eigenvalue weighted by Gasteiger charge is 2.50. The average Bonchev–Trinajstić information content (AvgIpc) is 2.97. The summed E-state index contributed by atoms with van der Waals surface area (Å²) in [5.74, 6) is 0.514. The van der Waals surface area contributed by atoms with Gasteiger partial charge in [-0.1, -0.05) is 109 Å². The van der Waals surface area contributed by atoms with Crippen LogP contribution in [0.15, 0.2) is 109 Å². The quantitative estimate of drug-likeness (QED) is 0.259. The third-order valence-electron chi connectivity index (χ3n) is 9.15. The van der Waals surface area contributed by atoms with Gasteiger partial charge in [0.1, 0.15) is 0 Å². The molecule has 1 N–H and O–H groups in total. The van der Waals surface area contributed by atoms with Crippen molar-refractivity contribution in [1.82, 2.24) is 10.2 Å². The van der Waals surface area contributed by atoms with Gasteiger partial charge < -0.3 is 10.2 Å². The molecule has 1 aliphatic heterocycles. The van der Waals surface area contributed by atoms with Gasteiger partial charge in [0.2, 0.25) is 5.91 Å². The van der Waals surface area contributed by atoms with E-state index in [1.807, 2.05) is 12.1 Å². The van der Waals surface area contributed by atoms with Crippen molar-refractivity contribution in [2.45, 2.75) is 50.1 Å². The third-order valence-corrected chi connectivity index (χ3v) is 9.40. The Bertz CT molecular complexity index is 1390. The molecule has 1 heterocycles. The predicted molar refractivity (Wildman–Crippen MR) is 164 cm³/mol. The number of halogens is 1. The molecule has 1 saturated heterocycles. The van der Waals surface area contributed by atoms with E-state index in [2.05, 4.69) is 114 Å². The van der Waals surface area contributed by atoms with Crippen molar-refractivity contribution in [2.75, 3.05) is 13.1 Å². The molecule has 6 rings (SSSR count). The predicted octanol–water partition coefficient (Wildman–Crippen LogP) is 7.52. The summed E-state index contributed by atoms with van der Waals surface area (Å²) in [6, 6.07) is 38.5. The molecule has 0 unspecified atom stereocenters. The van der Waals surface area contributed by atoms with Crippen LogP contribution in [0, 0.1) is 12.8 Å². The first-order valence-corrected chi connectivity index (χ1v) is 14.8. The number of aryl methyl sites for hydroxylation is 1. The highest BCUT2D eigenvalue weighted by Crippen LogP contribution is 2.45. The summed E-state index contributed by atoms with van der Waals surface area (Å²) in [5.41, 5.74) is 6.25. The van der Waals surface area contributed by atoms with Crippen LogP contribution in [0.1, 0.15) is 53.0 Å². The van der Waals surface area contributed by atoms with Gasteiger partial charge in [0.05, 0.1) is 5.41 Å². The second kappa shape index (κ2) is 11.6. The van der Waals surface area contributed by atoms with Crippen LogP contribution >= 0.6 is 11.6 Å². The van der Waals surface area contributed by atoms with Crippen molar-refractivity contribution in [2.24, 2.45) is 5.92 Å². The van der Waals surface area contributed by atoms with Crippen LogP contribution in [0.5, 0.6) is 0 Å². The second-order valence-electron chi connectivity index (χ2n) is 11.6. The maximum absolute atomic E-state index is 14.2. The molecule has 3 atom stereocenters. The van der Waals surface area contributed by atoms with E-state index < -0.39 is 0 Å². The minimum atomic E-state index is -0.145. The fraction of sp³-hybridized carbons (Fsp3) is 0.306. The Labute approximate surface area is 243 Å². The summed E-state index contributed by atoms with van der Waals surface area (Å²) < 4.78 is 0. The lowest BCUT2D eigenvalue weighted by atomic mass is 9.66. The molecule has 4 heteroatoms. The van der Waals surface area contributed by atoms with Crippen molar-refractivity contribution < 1.29 is 4.79 Å². The van der Waals surface area contributed by atoms with Gasteiger partial charge >= 0.3 is 0 Å². The van der Waals surface area contributed by atoms with Crippen molar-refractivity contribution in [3.05, 3.63) is 142 Å². The number of benzene rings is 4. The largest absolute Gasteiger partial charge is 0.340 e. The molecule has 0 bridgehead atoms. The molecule has 0 radical (unpaired) electrons. The van der Waals surface area contributed by atoms with E-state index in [1.54, 1.807) is 0 Å². The van der Waals surface area contributed by atoms with Crippen LogP contribution in [0.4, 0.5) is 0 Å². The molecule has 4 aromatic carbocycles. The fourth-order valence-electron chi connectivity index (χ4n) is 6.90. The highest BCUT2D eigenvalue weighted by atomic mass is 35.5. The zero-order chi connectivity index (χ0) is 27.5. The Morgan fingerprint density at radius 1 is 0.825 bits per heavy atom. The second-order valence-corrected chi connectivity index (χ2v) is 12.0. The van der Waals surface area contributed by atoms with E-state index in [1.165, 1.54) is 27.8 Å². The van der Waals surface area contributed by atoms with Crippen molar-refractivity contribution in [1.29, 1.82) is 0 Å². The van der Waals surface area contributed by atoms with Gasteiger partial charge in [-0.25, -0.2) is 0 Å². The summed E-state index contributed by atoms with van der Waals surface area (Å²) >= 11 is 6.08. The lowest BCUT2D eigenvalue weighted by Crippen LogP contribution is -2.63. The Balaban J connectivity index is 1.21. The zero-order valence-electron chi connectivity index (χ0n) is 23.1. The summed E-state index contributed by atoms with van der Waals surface area (Å²) in [5, 5.41) is 4.54. The molecule has 1 aliphatic carbocycles. The molecular weight excluding hydrogens is 512 g/mol. The molecule has 40 heavy (non-hydrogen) atoms. The normalized spacial score (nSPS) is 21.9. The maximum atomic E-state index is 14.2. The first kappa shape index (κ1) is 26.8. The van der Waals surface area contributed by atoms with E-state index in [9.17, 15) is 4.79 Å². The molecule has 4 aromatic rings. The summed E-state index contributed by atoms with van der Waals surface area (Å²) in [6.45, 7) is 4.45. The Morgan fingerprint density at radius 3 is 2.05 bits per heavy atom. The summed E-state index contributed by atoms with van der Waals surface area (Å²) in [4.78, 5) is 16.4. The molecular formula is C36H37ClN2O. The fourth-order valence-corrected chi connectivity index (χ4v) is 7.03. The number of nitrogens with zero attached hydrogens (tertiary/aromatic N) is 1. The SMILES string of the molecule is Cc1ccccc1[C@@H]1C[C@H](NCc2ccc(Cl)cc2)CC[C@H]1C(=O)N1CC(c2ccccc2)(c2ccccc2)C1. The molecule has 0 spiro atoms. The minimum absolute atomic E-state index is 0.000714. The molecule has 2 fully saturated rings. The summed E-state index contributed by atoms with van der Waals surface area (Å²) in [6.07, 6.45) is 2.87.